The molecule has 5 nitrogen and oxygen atoms in total. The van der Waals surface area contributed by atoms with Crippen LogP contribution in [-0.4, -0.2) is 19.7 Å². The largest absolute Gasteiger partial charge is 0.455 e. The summed E-state index contributed by atoms with van der Waals surface area (Å²) in [5, 5.41) is 4.16. The van der Waals surface area contributed by atoms with Gasteiger partial charge in [0.25, 0.3) is 0 Å². The van der Waals surface area contributed by atoms with E-state index < -0.39 is 0 Å². The molecule has 3 heterocycles. The Morgan fingerprint density at radius 1 is 1.04 bits per heavy atom. The minimum atomic E-state index is 0.734. The Morgan fingerprint density at radius 3 is 2.48 bits per heavy atom. The lowest BCUT2D eigenvalue weighted by Gasteiger charge is -2.09. The molecule has 0 saturated carbocycles. The molecule has 0 fully saturated rings. The van der Waals surface area contributed by atoms with Gasteiger partial charge in [0.2, 0.25) is 0 Å². The molecule has 3 rings (SSSR count). The van der Waals surface area contributed by atoms with Crippen molar-refractivity contribution < 1.29 is 4.74 Å². The van der Waals surface area contributed by atoms with Gasteiger partial charge < -0.3 is 4.74 Å². The summed E-state index contributed by atoms with van der Waals surface area (Å²) < 4.78 is 7.65. The molecule has 120 valence electrons. The molecule has 5 heteroatoms. The summed E-state index contributed by atoms with van der Waals surface area (Å²) in [5.41, 5.74) is 3.83. The van der Waals surface area contributed by atoms with Crippen LogP contribution in [0.25, 0.3) is 11.3 Å². The average molecular weight is 310 g/mol. The lowest BCUT2D eigenvalue weighted by Crippen LogP contribution is -1.92. The molecule has 0 saturated heterocycles. The van der Waals surface area contributed by atoms with E-state index >= 15 is 0 Å². The minimum absolute atomic E-state index is 0.734. The van der Waals surface area contributed by atoms with Crippen molar-refractivity contribution in [3.05, 3.63) is 54.2 Å². The van der Waals surface area contributed by atoms with Crippen LogP contribution in [0.4, 0.5) is 0 Å². The number of nitrogens with zero attached hydrogens (tertiary/aromatic N) is 4. The highest BCUT2D eigenvalue weighted by Gasteiger charge is 2.06. The number of hydrogen-bond donors (Lipinski definition) is 0. The molecule has 0 aliphatic carbocycles. The maximum atomic E-state index is 5.90. The average Bonchev–Trinajstić information content (AvgIpc) is 2.99. The molecule has 0 aromatic carbocycles. The fraction of sp³-hybridized carbons (Fsp3) is 0.278. The predicted octanol–water partition coefficient (Wildman–Crippen LogP) is 4.31. The van der Waals surface area contributed by atoms with Crippen molar-refractivity contribution in [3.8, 4) is 22.8 Å². The second-order valence-electron chi connectivity index (χ2n) is 4.97. The van der Waals surface area contributed by atoms with Crippen LogP contribution in [0.1, 0.15) is 25.1 Å². The molecule has 0 spiro atoms. The summed E-state index contributed by atoms with van der Waals surface area (Å²) >= 11 is 0. The smallest absolute Gasteiger partial charge is 0.148 e. The molecule has 0 N–H and O–H groups in total. The summed E-state index contributed by atoms with van der Waals surface area (Å²) in [4.78, 5) is 8.62. The number of rotatable bonds is 3. The lowest BCUT2D eigenvalue weighted by molar-refractivity contribution is 0.475. The number of aromatic nitrogens is 4. The predicted molar refractivity (Wildman–Crippen MR) is 91.6 cm³/mol. The summed E-state index contributed by atoms with van der Waals surface area (Å²) in [7, 11) is 1.88. The first kappa shape index (κ1) is 16.7. The van der Waals surface area contributed by atoms with Crippen molar-refractivity contribution in [2.45, 2.75) is 27.7 Å². The third-order valence-corrected chi connectivity index (χ3v) is 3.16. The normalized spacial score (nSPS) is 9.96. The molecule has 0 atom stereocenters. The second-order valence-corrected chi connectivity index (χ2v) is 4.97. The first-order valence-electron chi connectivity index (χ1n) is 7.68. The Hall–Kier alpha value is -2.69. The standard InChI is InChI=1S/C16H16N4O.C2H6/c1-11-6-12(2)18-9-16(11)21-14-4-5-17-15(7-14)13-8-19-20(3)10-13;1-2/h4-10H,1-3H3;1-2H3. The molecule has 0 unspecified atom stereocenters. The van der Waals surface area contributed by atoms with Crippen LogP contribution >= 0.6 is 0 Å². The molecular weight excluding hydrogens is 288 g/mol. The van der Waals surface area contributed by atoms with E-state index in [2.05, 4.69) is 15.1 Å². The maximum Gasteiger partial charge on any atom is 0.148 e. The summed E-state index contributed by atoms with van der Waals surface area (Å²) in [6.45, 7) is 7.97. The summed E-state index contributed by atoms with van der Waals surface area (Å²) in [5.74, 6) is 1.49. The van der Waals surface area contributed by atoms with E-state index in [9.17, 15) is 0 Å². The van der Waals surface area contributed by atoms with E-state index in [4.69, 9.17) is 4.74 Å². The van der Waals surface area contributed by atoms with Gasteiger partial charge in [-0.1, -0.05) is 13.8 Å². The number of ether oxygens (including phenoxy) is 1. The first-order valence-corrected chi connectivity index (χ1v) is 7.68. The van der Waals surface area contributed by atoms with Crippen molar-refractivity contribution in [1.82, 2.24) is 19.7 Å². The molecule has 0 amide bonds. The monoisotopic (exact) mass is 310 g/mol. The van der Waals surface area contributed by atoms with E-state index in [1.807, 2.05) is 59.1 Å². The summed E-state index contributed by atoms with van der Waals surface area (Å²) in [6, 6.07) is 5.73. The number of pyridine rings is 2. The number of aryl methyl sites for hydroxylation is 3. The molecule has 23 heavy (non-hydrogen) atoms. The zero-order valence-corrected chi connectivity index (χ0v) is 14.2. The van der Waals surface area contributed by atoms with Crippen LogP contribution in [0.3, 0.4) is 0 Å². The van der Waals surface area contributed by atoms with Crippen molar-refractivity contribution in [2.24, 2.45) is 7.05 Å². The molecule has 0 radical (unpaired) electrons. The van der Waals surface area contributed by atoms with Gasteiger partial charge in [0.05, 0.1) is 18.1 Å². The zero-order valence-electron chi connectivity index (χ0n) is 14.2. The first-order chi connectivity index (χ1) is 11.1. The molecule has 0 bridgehead atoms. The Balaban J connectivity index is 0.000000924. The third-order valence-electron chi connectivity index (χ3n) is 3.16. The maximum absolute atomic E-state index is 5.90. The molecular formula is C18H22N4O. The van der Waals surface area contributed by atoms with Crippen LogP contribution in [0.5, 0.6) is 11.5 Å². The van der Waals surface area contributed by atoms with Gasteiger partial charge in [-0.05, 0) is 31.5 Å². The van der Waals surface area contributed by atoms with Gasteiger partial charge in [-0.15, -0.1) is 0 Å². The molecule has 3 aromatic heterocycles. The molecule has 3 aromatic rings. The van der Waals surface area contributed by atoms with E-state index in [1.54, 1.807) is 23.3 Å². The highest BCUT2D eigenvalue weighted by atomic mass is 16.5. The van der Waals surface area contributed by atoms with E-state index in [1.165, 1.54) is 0 Å². The van der Waals surface area contributed by atoms with Gasteiger partial charge in [0, 0.05) is 36.8 Å². The van der Waals surface area contributed by atoms with E-state index in [-0.39, 0.29) is 0 Å². The van der Waals surface area contributed by atoms with Gasteiger partial charge in [-0.25, -0.2) is 0 Å². The minimum Gasteiger partial charge on any atom is -0.455 e. The quantitative estimate of drug-likeness (QED) is 0.723. The van der Waals surface area contributed by atoms with Crippen molar-refractivity contribution in [3.63, 3.8) is 0 Å². The Labute approximate surface area is 137 Å². The SMILES string of the molecule is CC.Cc1cc(C)c(Oc2ccnc(-c3cnn(C)c3)c2)cn1. The topological polar surface area (TPSA) is 52.8 Å². The van der Waals surface area contributed by atoms with Crippen LogP contribution in [0, 0.1) is 13.8 Å². The van der Waals surface area contributed by atoms with Crippen molar-refractivity contribution >= 4 is 0 Å². The van der Waals surface area contributed by atoms with Gasteiger partial charge in [-0.2, -0.15) is 5.10 Å². The van der Waals surface area contributed by atoms with E-state index in [0.717, 1.165) is 34.0 Å². The highest BCUT2D eigenvalue weighted by Crippen LogP contribution is 2.27. The fourth-order valence-electron chi connectivity index (χ4n) is 2.10. The Morgan fingerprint density at radius 2 is 1.83 bits per heavy atom. The zero-order chi connectivity index (χ0) is 16.8. The number of hydrogen-bond acceptors (Lipinski definition) is 4. The van der Waals surface area contributed by atoms with Crippen LogP contribution in [0.2, 0.25) is 0 Å². The lowest BCUT2D eigenvalue weighted by atomic mass is 10.2. The van der Waals surface area contributed by atoms with Crippen molar-refractivity contribution in [1.29, 1.82) is 0 Å². The van der Waals surface area contributed by atoms with Gasteiger partial charge in [-0.3, -0.25) is 14.6 Å². The highest BCUT2D eigenvalue weighted by molar-refractivity contribution is 5.58. The van der Waals surface area contributed by atoms with Gasteiger partial charge >= 0.3 is 0 Å². The molecule has 0 aliphatic rings. The van der Waals surface area contributed by atoms with Crippen LogP contribution < -0.4 is 4.74 Å². The van der Waals surface area contributed by atoms with E-state index in [0.29, 0.717) is 0 Å². The molecule has 0 aliphatic heterocycles. The Bertz CT molecular complexity index is 780. The van der Waals surface area contributed by atoms with Gasteiger partial charge in [0.15, 0.2) is 0 Å². The van der Waals surface area contributed by atoms with Crippen LogP contribution in [0.15, 0.2) is 43.0 Å². The van der Waals surface area contributed by atoms with Crippen molar-refractivity contribution in [2.75, 3.05) is 0 Å². The van der Waals surface area contributed by atoms with Crippen LogP contribution in [-0.2, 0) is 7.05 Å². The summed E-state index contributed by atoms with van der Waals surface area (Å²) in [6.07, 6.45) is 7.18. The Kier molecular flexibility index (Phi) is 5.46. The second kappa shape index (κ2) is 7.54. The fourth-order valence-corrected chi connectivity index (χ4v) is 2.10. The third kappa shape index (κ3) is 4.16. The van der Waals surface area contributed by atoms with Gasteiger partial charge in [0.1, 0.15) is 11.5 Å².